The lowest BCUT2D eigenvalue weighted by molar-refractivity contribution is 0.0581. The summed E-state index contributed by atoms with van der Waals surface area (Å²) in [4.78, 5) is 2.54. The van der Waals surface area contributed by atoms with Gasteiger partial charge in [0.15, 0.2) is 0 Å². The summed E-state index contributed by atoms with van der Waals surface area (Å²) in [5, 5.41) is 0. The van der Waals surface area contributed by atoms with Gasteiger partial charge in [0.2, 0.25) is 0 Å². The van der Waals surface area contributed by atoms with E-state index in [0.717, 1.165) is 18.4 Å². The highest BCUT2D eigenvalue weighted by molar-refractivity contribution is 4.94. The normalized spacial score (nSPS) is 31.3. The van der Waals surface area contributed by atoms with Gasteiger partial charge in [-0.15, -0.1) is 0 Å². The molecule has 2 unspecified atom stereocenters. The summed E-state index contributed by atoms with van der Waals surface area (Å²) < 4.78 is 0. The van der Waals surface area contributed by atoms with Gasteiger partial charge in [0, 0.05) is 12.1 Å². The van der Waals surface area contributed by atoms with Crippen molar-refractivity contribution in [3.63, 3.8) is 0 Å². The molecule has 0 bridgehead atoms. The second-order valence-corrected chi connectivity index (χ2v) is 6.23. The van der Waals surface area contributed by atoms with Crippen LogP contribution in [-0.4, -0.2) is 30.6 Å². The molecule has 0 radical (unpaired) electrons. The Labute approximate surface area is 102 Å². The molecule has 1 saturated carbocycles. The van der Waals surface area contributed by atoms with Gasteiger partial charge in [-0.1, -0.05) is 33.6 Å². The fraction of sp³-hybridized carbons (Fsp3) is 1.00. The molecule has 0 heterocycles. The first-order valence-electron chi connectivity index (χ1n) is 6.91. The van der Waals surface area contributed by atoms with Crippen LogP contribution in [0.1, 0.15) is 52.9 Å². The molecule has 96 valence electrons. The van der Waals surface area contributed by atoms with Crippen LogP contribution in [0.15, 0.2) is 0 Å². The molecule has 0 spiro atoms. The second-order valence-electron chi connectivity index (χ2n) is 6.23. The molecule has 0 aromatic carbocycles. The third kappa shape index (κ3) is 3.46. The molecule has 16 heavy (non-hydrogen) atoms. The topological polar surface area (TPSA) is 29.3 Å². The zero-order valence-corrected chi connectivity index (χ0v) is 11.6. The van der Waals surface area contributed by atoms with Gasteiger partial charge in [-0.25, -0.2) is 0 Å². The number of nitrogens with zero attached hydrogens (tertiary/aromatic N) is 1. The molecule has 2 heteroatoms. The van der Waals surface area contributed by atoms with Gasteiger partial charge < -0.3 is 5.73 Å². The van der Waals surface area contributed by atoms with E-state index in [-0.39, 0.29) is 0 Å². The van der Waals surface area contributed by atoms with E-state index in [1.165, 1.54) is 38.6 Å². The molecule has 0 aromatic heterocycles. The summed E-state index contributed by atoms with van der Waals surface area (Å²) in [5.74, 6) is 1.64. The van der Waals surface area contributed by atoms with Gasteiger partial charge in [-0.3, -0.25) is 4.90 Å². The lowest BCUT2D eigenvalue weighted by Gasteiger charge is -2.46. The molecule has 2 N–H and O–H groups in total. The van der Waals surface area contributed by atoms with Crippen molar-refractivity contribution in [2.75, 3.05) is 20.1 Å². The molecule has 1 fully saturated rings. The van der Waals surface area contributed by atoms with Crippen molar-refractivity contribution in [2.45, 2.75) is 58.4 Å². The second kappa shape index (κ2) is 6.02. The van der Waals surface area contributed by atoms with Crippen LogP contribution in [0.25, 0.3) is 0 Å². The zero-order chi connectivity index (χ0) is 12.2. The zero-order valence-electron chi connectivity index (χ0n) is 11.6. The smallest absolute Gasteiger partial charge is 0.0331 e. The Morgan fingerprint density at radius 3 is 2.62 bits per heavy atom. The van der Waals surface area contributed by atoms with Crippen LogP contribution in [0, 0.1) is 11.8 Å². The highest BCUT2D eigenvalue weighted by Gasteiger charge is 2.36. The standard InChI is InChI=1S/C14H30N2/c1-12(2)7-9-16(4)14(11-15)8-5-6-13(3)10-14/h12-13H,5-11,15H2,1-4H3. The minimum Gasteiger partial charge on any atom is -0.329 e. The van der Waals surface area contributed by atoms with E-state index in [0.29, 0.717) is 5.54 Å². The van der Waals surface area contributed by atoms with E-state index in [1.807, 2.05) is 0 Å². The van der Waals surface area contributed by atoms with E-state index in [9.17, 15) is 0 Å². The molecule has 0 amide bonds. The Kier molecular flexibility index (Phi) is 5.26. The maximum Gasteiger partial charge on any atom is 0.0331 e. The van der Waals surface area contributed by atoms with Crippen molar-refractivity contribution < 1.29 is 0 Å². The van der Waals surface area contributed by atoms with Gasteiger partial charge >= 0.3 is 0 Å². The first-order valence-corrected chi connectivity index (χ1v) is 6.91. The highest BCUT2D eigenvalue weighted by atomic mass is 15.2. The minimum atomic E-state index is 0.298. The summed E-state index contributed by atoms with van der Waals surface area (Å²) in [6.07, 6.45) is 6.61. The van der Waals surface area contributed by atoms with Gasteiger partial charge in [-0.2, -0.15) is 0 Å². The van der Waals surface area contributed by atoms with E-state index >= 15 is 0 Å². The number of hydrogen-bond acceptors (Lipinski definition) is 2. The third-order valence-electron chi connectivity index (χ3n) is 4.30. The quantitative estimate of drug-likeness (QED) is 0.781. The van der Waals surface area contributed by atoms with Crippen LogP contribution < -0.4 is 5.73 Å². The molecule has 1 aliphatic carbocycles. The lowest BCUT2D eigenvalue weighted by atomic mass is 9.75. The predicted octanol–water partition coefficient (Wildman–Crippen LogP) is 2.87. The van der Waals surface area contributed by atoms with Gasteiger partial charge in [0.1, 0.15) is 0 Å². The number of nitrogens with two attached hydrogens (primary N) is 1. The SMILES string of the molecule is CC(C)CCN(C)C1(CN)CCCC(C)C1. The highest BCUT2D eigenvalue weighted by Crippen LogP contribution is 2.35. The summed E-state index contributed by atoms with van der Waals surface area (Å²) in [6, 6.07) is 0. The van der Waals surface area contributed by atoms with Crippen molar-refractivity contribution in [3.05, 3.63) is 0 Å². The van der Waals surface area contributed by atoms with Crippen molar-refractivity contribution in [2.24, 2.45) is 17.6 Å². The van der Waals surface area contributed by atoms with E-state index in [4.69, 9.17) is 5.73 Å². The van der Waals surface area contributed by atoms with Crippen LogP contribution in [0.4, 0.5) is 0 Å². The van der Waals surface area contributed by atoms with Gasteiger partial charge in [-0.05, 0) is 44.7 Å². The van der Waals surface area contributed by atoms with Gasteiger partial charge in [0.05, 0.1) is 0 Å². The molecule has 0 saturated heterocycles. The van der Waals surface area contributed by atoms with Crippen LogP contribution in [-0.2, 0) is 0 Å². The average molecular weight is 226 g/mol. The molecule has 0 aliphatic heterocycles. The van der Waals surface area contributed by atoms with E-state index in [2.05, 4.69) is 32.7 Å². The molecule has 0 aromatic rings. The monoisotopic (exact) mass is 226 g/mol. The summed E-state index contributed by atoms with van der Waals surface area (Å²) in [5.41, 5.74) is 6.36. The average Bonchev–Trinajstić information content (AvgIpc) is 2.25. The lowest BCUT2D eigenvalue weighted by Crippen LogP contribution is -2.54. The Bertz CT molecular complexity index is 203. The molecular weight excluding hydrogens is 196 g/mol. The Balaban J connectivity index is 2.56. The fourth-order valence-corrected chi connectivity index (χ4v) is 3.01. The Morgan fingerprint density at radius 1 is 1.44 bits per heavy atom. The van der Waals surface area contributed by atoms with Crippen molar-refractivity contribution >= 4 is 0 Å². The van der Waals surface area contributed by atoms with Crippen molar-refractivity contribution in [1.29, 1.82) is 0 Å². The maximum atomic E-state index is 6.07. The number of likely N-dealkylation sites (N-methyl/N-ethyl adjacent to an activating group) is 1. The molecular formula is C14H30N2. The van der Waals surface area contributed by atoms with E-state index in [1.54, 1.807) is 0 Å². The van der Waals surface area contributed by atoms with Crippen LogP contribution >= 0.6 is 0 Å². The third-order valence-corrected chi connectivity index (χ3v) is 4.30. The molecule has 1 aliphatic rings. The number of hydrogen-bond donors (Lipinski definition) is 1. The van der Waals surface area contributed by atoms with Gasteiger partial charge in [0.25, 0.3) is 0 Å². The predicted molar refractivity (Wildman–Crippen MR) is 71.5 cm³/mol. The Hall–Kier alpha value is -0.0800. The number of rotatable bonds is 5. The minimum absolute atomic E-state index is 0.298. The van der Waals surface area contributed by atoms with Crippen molar-refractivity contribution in [1.82, 2.24) is 4.90 Å². The summed E-state index contributed by atoms with van der Waals surface area (Å²) in [7, 11) is 2.27. The molecule has 1 rings (SSSR count). The van der Waals surface area contributed by atoms with Crippen molar-refractivity contribution in [3.8, 4) is 0 Å². The summed E-state index contributed by atoms with van der Waals surface area (Å²) >= 11 is 0. The van der Waals surface area contributed by atoms with Crippen LogP contribution in [0.5, 0.6) is 0 Å². The summed E-state index contributed by atoms with van der Waals surface area (Å²) in [6.45, 7) is 8.99. The maximum absolute atomic E-state index is 6.07. The molecule has 2 atom stereocenters. The van der Waals surface area contributed by atoms with Crippen LogP contribution in [0.2, 0.25) is 0 Å². The first-order chi connectivity index (χ1) is 7.50. The largest absolute Gasteiger partial charge is 0.329 e. The molecule has 2 nitrogen and oxygen atoms in total. The first kappa shape index (κ1) is 14.0. The van der Waals surface area contributed by atoms with Crippen LogP contribution in [0.3, 0.4) is 0 Å². The Morgan fingerprint density at radius 2 is 2.12 bits per heavy atom. The van der Waals surface area contributed by atoms with E-state index < -0.39 is 0 Å². The fourth-order valence-electron chi connectivity index (χ4n) is 3.01.